The second-order valence-electron chi connectivity index (χ2n) is 5.56. The van der Waals surface area contributed by atoms with Crippen molar-refractivity contribution in [3.8, 4) is 5.75 Å². The minimum atomic E-state index is -0.0917. The Morgan fingerprint density at radius 2 is 2.18 bits per heavy atom. The first kappa shape index (κ1) is 13.1. The van der Waals surface area contributed by atoms with Crippen LogP contribution in [0.3, 0.4) is 0 Å². The number of benzene rings is 1. The van der Waals surface area contributed by atoms with E-state index in [1.807, 2.05) is 24.7 Å². The minimum Gasteiger partial charge on any atom is -0.496 e. The summed E-state index contributed by atoms with van der Waals surface area (Å²) < 4.78 is 9.06. The lowest BCUT2D eigenvalue weighted by atomic mass is 10.2. The van der Waals surface area contributed by atoms with Gasteiger partial charge in [0.1, 0.15) is 11.1 Å². The molecule has 1 saturated carbocycles. The molecule has 112 valence electrons. The molecule has 0 N–H and O–H groups in total. The fourth-order valence-corrected chi connectivity index (χ4v) is 2.76. The number of ether oxygens (including phenoxy) is 1. The topological polar surface area (TPSA) is 61.9 Å². The summed E-state index contributed by atoms with van der Waals surface area (Å²) in [6, 6.07) is 5.97. The van der Waals surface area contributed by atoms with Gasteiger partial charge in [-0.2, -0.15) is 0 Å². The molecule has 0 aliphatic heterocycles. The molecule has 1 aliphatic rings. The molecule has 4 rings (SSSR count). The van der Waals surface area contributed by atoms with E-state index in [1.165, 1.54) is 12.8 Å². The fraction of sp³-hybridized carbons (Fsp3) is 0.312. The molecule has 0 spiro atoms. The van der Waals surface area contributed by atoms with Crippen molar-refractivity contribution in [1.29, 1.82) is 0 Å². The van der Waals surface area contributed by atoms with Crippen molar-refractivity contribution in [2.24, 2.45) is 0 Å². The molecule has 1 aliphatic carbocycles. The van der Waals surface area contributed by atoms with Crippen molar-refractivity contribution in [3.63, 3.8) is 0 Å². The molecule has 0 unspecified atom stereocenters. The van der Waals surface area contributed by atoms with Gasteiger partial charge >= 0.3 is 0 Å². The standard InChI is InChI=1S/C16H16N4O2/c1-22-14-4-2-3-13-15(14)16(21)19(10-18-13)8-12-7-17-9-20(12)11-5-6-11/h2-4,7,9-11H,5-6,8H2,1H3. The lowest BCUT2D eigenvalue weighted by molar-refractivity contribution is 0.419. The summed E-state index contributed by atoms with van der Waals surface area (Å²) in [4.78, 5) is 21.3. The zero-order valence-electron chi connectivity index (χ0n) is 12.3. The van der Waals surface area contributed by atoms with Crippen molar-refractivity contribution < 1.29 is 4.74 Å². The van der Waals surface area contributed by atoms with Gasteiger partial charge in [0.05, 0.1) is 37.5 Å². The molecule has 1 fully saturated rings. The van der Waals surface area contributed by atoms with Crippen molar-refractivity contribution in [2.45, 2.75) is 25.4 Å². The van der Waals surface area contributed by atoms with Crippen LogP contribution in [0.1, 0.15) is 24.6 Å². The number of aromatic nitrogens is 4. The minimum absolute atomic E-state index is 0.0917. The Labute approximate surface area is 127 Å². The average Bonchev–Trinajstić information content (AvgIpc) is 3.29. The number of nitrogens with zero attached hydrogens (tertiary/aromatic N) is 4. The predicted octanol–water partition coefficient (Wildman–Crippen LogP) is 1.98. The molecule has 3 aromatic rings. The lowest BCUT2D eigenvalue weighted by Crippen LogP contribution is -2.22. The Morgan fingerprint density at radius 3 is 2.95 bits per heavy atom. The molecule has 0 bridgehead atoms. The molecule has 0 radical (unpaired) electrons. The Balaban J connectivity index is 1.80. The molecular formula is C16H16N4O2. The first-order chi connectivity index (χ1) is 10.8. The number of hydrogen-bond acceptors (Lipinski definition) is 4. The molecule has 2 heterocycles. The van der Waals surface area contributed by atoms with E-state index in [-0.39, 0.29) is 5.56 Å². The van der Waals surface area contributed by atoms with Gasteiger partial charge in [-0.05, 0) is 25.0 Å². The maximum absolute atomic E-state index is 12.7. The van der Waals surface area contributed by atoms with Gasteiger partial charge in [-0.25, -0.2) is 9.97 Å². The van der Waals surface area contributed by atoms with Crippen LogP contribution in [0, 0.1) is 0 Å². The SMILES string of the molecule is COc1cccc2ncn(Cc3cncn3C3CC3)c(=O)c12. The molecule has 0 atom stereocenters. The van der Waals surface area contributed by atoms with Crippen molar-refractivity contribution >= 4 is 10.9 Å². The van der Waals surface area contributed by atoms with Crippen LogP contribution in [0.15, 0.2) is 41.8 Å². The molecule has 2 aromatic heterocycles. The highest BCUT2D eigenvalue weighted by atomic mass is 16.5. The Kier molecular flexibility index (Phi) is 2.96. The highest BCUT2D eigenvalue weighted by Gasteiger charge is 2.25. The third-order valence-corrected chi connectivity index (χ3v) is 4.05. The number of methoxy groups -OCH3 is 1. The van der Waals surface area contributed by atoms with Gasteiger partial charge in [0.25, 0.3) is 5.56 Å². The van der Waals surface area contributed by atoms with E-state index < -0.39 is 0 Å². The van der Waals surface area contributed by atoms with E-state index in [0.717, 1.165) is 5.69 Å². The normalized spacial score (nSPS) is 14.4. The highest BCUT2D eigenvalue weighted by molar-refractivity contribution is 5.83. The maximum Gasteiger partial charge on any atom is 0.265 e. The summed E-state index contributed by atoms with van der Waals surface area (Å²) in [6.07, 6.45) is 7.61. The highest BCUT2D eigenvalue weighted by Crippen LogP contribution is 2.35. The van der Waals surface area contributed by atoms with Crippen LogP contribution in [0.4, 0.5) is 0 Å². The number of hydrogen-bond donors (Lipinski definition) is 0. The van der Waals surface area contributed by atoms with Crippen LogP contribution in [0.2, 0.25) is 0 Å². The van der Waals surface area contributed by atoms with Crippen LogP contribution in [0.5, 0.6) is 5.75 Å². The summed E-state index contributed by atoms with van der Waals surface area (Å²) in [6.45, 7) is 0.469. The van der Waals surface area contributed by atoms with Gasteiger partial charge in [0.2, 0.25) is 0 Å². The van der Waals surface area contributed by atoms with Crippen molar-refractivity contribution in [1.82, 2.24) is 19.1 Å². The molecule has 6 nitrogen and oxygen atoms in total. The summed E-state index contributed by atoms with van der Waals surface area (Å²) in [5.41, 5.74) is 1.59. The van der Waals surface area contributed by atoms with Gasteiger partial charge in [-0.3, -0.25) is 9.36 Å². The molecule has 0 saturated heterocycles. The van der Waals surface area contributed by atoms with E-state index in [2.05, 4.69) is 14.5 Å². The largest absolute Gasteiger partial charge is 0.496 e. The lowest BCUT2D eigenvalue weighted by Gasteiger charge is -2.10. The van der Waals surface area contributed by atoms with Crippen molar-refractivity contribution in [3.05, 3.63) is 53.1 Å². The molecule has 1 aromatic carbocycles. The van der Waals surface area contributed by atoms with Crippen LogP contribution in [-0.2, 0) is 6.54 Å². The molecule has 22 heavy (non-hydrogen) atoms. The zero-order chi connectivity index (χ0) is 15.1. The van der Waals surface area contributed by atoms with E-state index in [9.17, 15) is 4.79 Å². The summed E-state index contributed by atoms with van der Waals surface area (Å²) in [5.74, 6) is 0.556. The van der Waals surface area contributed by atoms with Gasteiger partial charge in [0.15, 0.2) is 0 Å². The van der Waals surface area contributed by atoms with Gasteiger partial charge in [-0.15, -0.1) is 0 Å². The van der Waals surface area contributed by atoms with Crippen LogP contribution >= 0.6 is 0 Å². The summed E-state index contributed by atoms with van der Waals surface area (Å²) in [5, 5.41) is 0.519. The molecular weight excluding hydrogens is 280 g/mol. The first-order valence-corrected chi connectivity index (χ1v) is 7.31. The Morgan fingerprint density at radius 1 is 1.32 bits per heavy atom. The Hall–Kier alpha value is -2.63. The zero-order valence-corrected chi connectivity index (χ0v) is 12.3. The Bertz CT molecular complexity index is 893. The number of rotatable bonds is 4. The van der Waals surface area contributed by atoms with Crippen molar-refractivity contribution in [2.75, 3.05) is 7.11 Å². The third-order valence-electron chi connectivity index (χ3n) is 4.05. The smallest absolute Gasteiger partial charge is 0.265 e. The monoisotopic (exact) mass is 296 g/mol. The van der Waals surface area contributed by atoms with E-state index in [1.54, 1.807) is 24.1 Å². The fourth-order valence-electron chi connectivity index (χ4n) is 2.76. The van der Waals surface area contributed by atoms with E-state index >= 15 is 0 Å². The molecule has 6 heteroatoms. The van der Waals surface area contributed by atoms with Gasteiger partial charge in [-0.1, -0.05) is 6.07 Å². The van der Waals surface area contributed by atoms with E-state index in [4.69, 9.17) is 4.74 Å². The van der Waals surface area contributed by atoms with Crippen LogP contribution in [-0.4, -0.2) is 26.2 Å². The summed E-state index contributed by atoms with van der Waals surface area (Å²) in [7, 11) is 1.56. The maximum atomic E-state index is 12.7. The summed E-state index contributed by atoms with van der Waals surface area (Å²) >= 11 is 0. The first-order valence-electron chi connectivity index (χ1n) is 7.31. The van der Waals surface area contributed by atoms with Gasteiger partial charge < -0.3 is 9.30 Å². The third kappa shape index (κ3) is 2.07. The quantitative estimate of drug-likeness (QED) is 0.738. The predicted molar refractivity (Wildman–Crippen MR) is 82.2 cm³/mol. The van der Waals surface area contributed by atoms with Crippen LogP contribution in [0.25, 0.3) is 10.9 Å². The van der Waals surface area contributed by atoms with Crippen LogP contribution < -0.4 is 10.3 Å². The molecule has 0 amide bonds. The number of fused-ring (bicyclic) bond motifs is 1. The van der Waals surface area contributed by atoms with E-state index in [0.29, 0.717) is 29.2 Å². The number of imidazole rings is 1. The second kappa shape index (κ2) is 4.98. The second-order valence-corrected chi connectivity index (χ2v) is 5.56. The van der Waals surface area contributed by atoms with Gasteiger partial charge in [0, 0.05) is 12.2 Å². The average molecular weight is 296 g/mol.